The lowest BCUT2D eigenvalue weighted by Crippen LogP contribution is -2.36. The quantitative estimate of drug-likeness (QED) is 0.636. The molecule has 2 unspecified atom stereocenters. The fourth-order valence-corrected chi connectivity index (χ4v) is 4.03. The zero-order valence-electron chi connectivity index (χ0n) is 13.8. The maximum atomic E-state index is 12.3. The number of nitrogens with zero attached hydrogens (tertiary/aromatic N) is 1. The van der Waals surface area contributed by atoms with Crippen molar-refractivity contribution in [2.24, 2.45) is 0 Å². The highest BCUT2D eigenvalue weighted by molar-refractivity contribution is 5.95. The molecule has 6 heteroatoms. The Hall–Kier alpha value is -2.73. The number of nitrogen functional groups attached to an aromatic ring is 1. The first-order valence-electron chi connectivity index (χ1n) is 8.35. The Balaban J connectivity index is 1.63. The van der Waals surface area contributed by atoms with Gasteiger partial charge in [-0.2, -0.15) is 0 Å². The maximum Gasteiger partial charge on any atom is 0.339 e. The third-order valence-electron chi connectivity index (χ3n) is 5.29. The summed E-state index contributed by atoms with van der Waals surface area (Å²) in [6, 6.07) is 9.43. The van der Waals surface area contributed by atoms with E-state index in [9.17, 15) is 4.79 Å². The molecule has 0 aliphatic carbocycles. The van der Waals surface area contributed by atoms with E-state index in [1.165, 1.54) is 5.56 Å². The Morgan fingerprint density at radius 3 is 2.76 bits per heavy atom. The zero-order chi connectivity index (χ0) is 17.1. The van der Waals surface area contributed by atoms with Crippen LogP contribution in [0.2, 0.25) is 0 Å². The average molecular weight is 338 g/mol. The van der Waals surface area contributed by atoms with E-state index in [4.69, 9.17) is 19.9 Å². The van der Waals surface area contributed by atoms with Gasteiger partial charge in [-0.1, -0.05) is 6.07 Å². The number of fused-ring (bicyclic) bond motifs is 3. The number of carbonyl (C=O) groups excluding carboxylic acids is 1. The van der Waals surface area contributed by atoms with E-state index >= 15 is 0 Å². The average Bonchev–Trinajstić information content (AvgIpc) is 3.17. The topological polar surface area (TPSA) is 74.0 Å². The molecule has 0 spiro atoms. The Labute approximate surface area is 145 Å². The third-order valence-corrected chi connectivity index (χ3v) is 5.29. The van der Waals surface area contributed by atoms with Crippen LogP contribution < -0.4 is 15.2 Å². The SMILES string of the molecule is CN1CCc2cc3c(cc2C1C1OC(=O)c2cc(N)ccc21)OCO3. The van der Waals surface area contributed by atoms with Gasteiger partial charge in [0.2, 0.25) is 6.79 Å². The van der Waals surface area contributed by atoms with E-state index in [1.54, 1.807) is 6.07 Å². The second-order valence-corrected chi connectivity index (χ2v) is 6.75. The van der Waals surface area contributed by atoms with Crippen LogP contribution in [0.3, 0.4) is 0 Å². The van der Waals surface area contributed by atoms with Gasteiger partial charge in [0.15, 0.2) is 11.5 Å². The van der Waals surface area contributed by atoms with Gasteiger partial charge in [-0.15, -0.1) is 0 Å². The van der Waals surface area contributed by atoms with E-state index in [1.807, 2.05) is 18.2 Å². The van der Waals surface area contributed by atoms with Crippen molar-refractivity contribution >= 4 is 11.7 Å². The number of hydrogen-bond donors (Lipinski definition) is 1. The number of hydrogen-bond acceptors (Lipinski definition) is 6. The smallest absolute Gasteiger partial charge is 0.339 e. The zero-order valence-corrected chi connectivity index (χ0v) is 13.8. The summed E-state index contributed by atoms with van der Waals surface area (Å²) in [7, 11) is 2.06. The van der Waals surface area contributed by atoms with Gasteiger partial charge in [-0.25, -0.2) is 4.79 Å². The molecule has 0 saturated heterocycles. The molecule has 0 bridgehead atoms. The highest BCUT2D eigenvalue weighted by atomic mass is 16.7. The van der Waals surface area contributed by atoms with Gasteiger partial charge in [0.05, 0.1) is 11.6 Å². The summed E-state index contributed by atoms with van der Waals surface area (Å²) in [4.78, 5) is 14.6. The van der Waals surface area contributed by atoms with Crippen molar-refractivity contribution in [3.63, 3.8) is 0 Å². The molecule has 2 N–H and O–H groups in total. The first-order chi connectivity index (χ1) is 12.1. The number of esters is 1. The Bertz CT molecular complexity index is 895. The lowest BCUT2D eigenvalue weighted by Gasteiger charge is -2.37. The predicted octanol–water partition coefficient (Wildman–Crippen LogP) is 2.44. The molecule has 2 aromatic rings. The van der Waals surface area contributed by atoms with Gasteiger partial charge < -0.3 is 19.9 Å². The number of benzene rings is 2. The fraction of sp³-hybridized carbons (Fsp3) is 0.316. The monoisotopic (exact) mass is 338 g/mol. The van der Waals surface area contributed by atoms with Crippen molar-refractivity contribution in [1.29, 1.82) is 0 Å². The number of anilines is 1. The standard InChI is InChI=1S/C19H18N2O4/c1-21-5-4-10-6-15-16(24-9-23-15)8-13(10)17(21)18-12-3-2-11(20)7-14(12)19(22)25-18/h2-3,6-8,17-18H,4-5,9,20H2,1H3. The molecular weight excluding hydrogens is 320 g/mol. The molecule has 0 aromatic heterocycles. The lowest BCUT2D eigenvalue weighted by molar-refractivity contribution is 0.00943. The molecule has 3 aliphatic heterocycles. The highest BCUT2D eigenvalue weighted by Crippen LogP contribution is 2.48. The molecule has 5 rings (SSSR count). The van der Waals surface area contributed by atoms with Crippen molar-refractivity contribution in [2.45, 2.75) is 18.6 Å². The minimum atomic E-state index is -0.354. The lowest BCUT2D eigenvalue weighted by atomic mass is 9.86. The molecule has 0 fully saturated rings. The number of rotatable bonds is 1. The van der Waals surface area contributed by atoms with Gasteiger partial charge >= 0.3 is 5.97 Å². The summed E-state index contributed by atoms with van der Waals surface area (Å²) >= 11 is 0. The normalized spacial score (nSPS) is 24.0. The first-order valence-corrected chi connectivity index (χ1v) is 8.35. The maximum absolute atomic E-state index is 12.3. The van der Waals surface area contributed by atoms with E-state index in [2.05, 4.69) is 18.0 Å². The van der Waals surface area contributed by atoms with Crippen LogP contribution in [0, 0.1) is 0 Å². The molecule has 6 nitrogen and oxygen atoms in total. The van der Waals surface area contributed by atoms with Crippen LogP contribution in [0.4, 0.5) is 5.69 Å². The van der Waals surface area contributed by atoms with Crippen LogP contribution in [0.15, 0.2) is 30.3 Å². The van der Waals surface area contributed by atoms with Crippen LogP contribution in [0.5, 0.6) is 11.5 Å². The van der Waals surface area contributed by atoms with Crippen LogP contribution >= 0.6 is 0 Å². The third kappa shape index (κ3) is 2.10. The second-order valence-electron chi connectivity index (χ2n) is 6.75. The van der Waals surface area contributed by atoms with Gasteiger partial charge in [-0.05, 0) is 48.9 Å². The molecule has 3 aliphatic rings. The van der Waals surface area contributed by atoms with Crippen LogP contribution in [0.1, 0.15) is 39.2 Å². The molecule has 0 radical (unpaired) electrons. The predicted molar refractivity (Wildman–Crippen MR) is 90.7 cm³/mol. The minimum Gasteiger partial charge on any atom is -0.454 e. The van der Waals surface area contributed by atoms with E-state index in [0.717, 1.165) is 35.6 Å². The Morgan fingerprint density at radius 2 is 1.92 bits per heavy atom. The number of likely N-dealkylation sites (N-methyl/N-ethyl adjacent to an activating group) is 1. The van der Waals surface area contributed by atoms with Gasteiger partial charge in [0, 0.05) is 17.8 Å². The van der Waals surface area contributed by atoms with Crippen molar-refractivity contribution in [2.75, 3.05) is 26.1 Å². The molecule has 25 heavy (non-hydrogen) atoms. The molecule has 128 valence electrons. The van der Waals surface area contributed by atoms with Crippen LogP contribution in [-0.4, -0.2) is 31.3 Å². The molecule has 2 atom stereocenters. The number of cyclic esters (lactones) is 1. The van der Waals surface area contributed by atoms with Crippen LogP contribution in [0.25, 0.3) is 0 Å². The Kier molecular flexibility index (Phi) is 3.00. The van der Waals surface area contributed by atoms with E-state index < -0.39 is 0 Å². The van der Waals surface area contributed by atoms with Gasteiger partial charge in [0.1, 0.15) is 6.10 Å². The van der Waals surface area contributed by atoms with Crippen molar-refractivity contribution in [1.82, 2.24) is 4.90 Å². The van der Waals surface area contributed by atoms with E-state index in [-0.39, 0.29) is 24.9 Å². The Morgan fingerprint density at radius 1 is 1.12 bits per heavy atom. The molecule has 0 amide bonds. The van der Waals surface area contributed by atoms with Crippen molar-refractivity contribution < 1.29 is 19.0 Å². The summed E-state index contributed by atoms with van der Waals surface area (Å²) in [5.74, 6) is 1.23. The molecule has 2 aromatic carbocycles. The molecular formula is C19H18N2O4. The minimum absolute atomic E-state index is 0.0629. The number of carbonyl (C=O) groups is 1. The largest absolute Gasteiger partial charge is 0.454 e. The highest BCUT2D eigenvalue weighted by Gasteiger charge is 2.42. The summed E-state index contributed by atoms with van der Waals surface area (Å²) in [6.07, 6.45) is 0.571. The van der Waals surface area contributed by atoms with Crippen LogP contribution in [-0.2, 0) is 11.2 Å². The van der Waals surface area contributed by atoms with Gasteiger partial charge in [-0.3, -0.25) is 4.90 Å². The summed E-state index contributed by atoms with van der Waals surface area (Å²) in [5, 5.41) is 0. The van der Waals surface area contributed by atoms with Crippen molar-refractivity contribution in [3.8, 4) is 11.5 Å². The molecule has 3 heterocycles. The van der Waals surface area contributed by atoms with Gasteiger partial charge in [0.25, 0.3) is 0 Å². The number of nitrogens with two attached hydrogens (primary N) is 1. The summed E-state index contributed by atoms with van der Waals surface area (Å²) < 4.78 is 16.8. The summed E-state index contributed by atoms with van der Waals surface area (Å²) in [5.41, 5.74) is 10.2. The van der Waals surface area contributed by atoms with E-state index in [0.29, 0.717) is 11.3 Å². The van der Waals surface area contributed by atoms with Crippen molar-refractivity contribution in [3.05, 3.63) is 52.6 Å². The fourth-order valence-electron chi connectivity index (χ4n) is 4.03. The molecule has 0 saturated carbocycles. The summed E-state index contributed by atoms with van der Waals surface area (Å²) in [6.45, 7) is 1.13. The number of ether oxygens (including phenoxy) is 3. The first kappa shape index (κ1) is 14.6. The second kappa shape index (κ2) is 5.13.